The van der Waals surface area contributed by atoms with E-state index in [1.165, 1.54) is 5.56 Å². The van der Waals surface area contributed by atoms with E-state index in [1.807, 2.05) is 17.6 Å². The van der Waals surface area contributed by atoms with Crippen LogP contribution in [0.15, 0.2) is 60.4 Å². The molecule has 4 aromatic rings. The van der Waals surface area contributed by atoms with Crippen molar-refractivity contribution in [1.29, 1.82) is 10.5 Å². The van der Waals surface area contributed by atoms with E-state index in [9.17, 15) is 10.5 Å². The van der Waals surface area contributed by atoms with E-state index >= 15 is 0 Å². The molecule has 0 saturated carbocycles. The van der Waals surface area contributed by atoms with Crippen LogP contribution in [0.1, 0.15) is 24.4 Å². The number of aromatic nitrogens is 4. The van der Waals surface area contributed by atoms with Crippen molar-refractivity contribution in [3.63, 3.8) is 0 Å². The molecule has 2 atom stereocenters. The molecule has 6 heterocycles. The molecule has 8 nitrogen and oxygen atoms in total. The minimum Gasteiger partial charge on any atom is -0.357 e. The zero-order chi connectivity index (χ0) is 23.1. The van der Waals surface area contributed by atoms with E-state index in [4.69, 9.17) is 0 Å². The van der Waals surface area contributed by atoms with E-state index in [0.717, 1.165) is 59.0 Å². The molecule has 0 radical (unpaired) electrons. The number of nitrogens with zero attached hydrogens (tertiary/aromatic N) is 7. The fourth-order valence-electron chi connectivity index (χ4n) is 5.22. The SMILES string of the molecule is N#CCC(C1CCN(C2=CCc3ccsc3N2C#N)C1)n1ccc(-c2ncnc3[nH]ccc23)c1. The highest BCUT2D eigenvalue weighted by Crippen LogP contribution is 2.39. The summed E-state index contributed by atoms with van der Waals surface area (Å²) in [6.07, 6.45) is 14.4. The number of H-pyrrole nitrogens is 1. The van der Waals surface area contributed by atoms with Gasteiger partial charge in [0.2, 0.25) is 0 Å². The number of hydrogen-bond donors (Lipinski definition) is 1. The summed E-state index contributed by atoms with van der Waals surface area (Å²) >= 11 is 1.61. The molecule has 1 saturated heterocycles. The Kier molecular flexibility index (Phi) is 5.05. The van der Waals surface area contributed by atoms with E-state index < -0.39 is 0 Å². The molecule has 0 aliphatic carbocycles. The summed E-state index contributed by atoms with van der Waals surface area (Å²) in [5.41, 5.74) is 3.92. The molecule has 0 aromatic carbocycles. The number of thiophene rings is 1. The summed E-state index contributed by atoms with van der Waals surface area (Å²) in [6.45, 7) is 1.70. The monoisotopic (exact) mass is 466 g/mol. The molecule has 2 aliphatic rings. The topological polar surface area (TPSA) is 101 Å². The van der Waals surface area contributed by atoms with Crippen LogP contribution in [0.2, 0.25) is 0 Å². The Morgan fingerprint density at radius 1 is 1.24 bits per heavy atom. The van der Waals surface area contributed by atoms with Gasteiger partial charge in [-0.05, 0) is 54.0 Å². The van der Waals surface area contributed by atoms with Gasteiger partial charge < -0.3 is 14.5 Å². The van der Waals surface area contributed by atoms with E-state index in [-0.39, 0.29) is 6.04 Å². The molecule has 1 N–H and O–H groups in total. The zero-order valence-corrected chi connectivity index (χ0v) is 19.2. The normalized spacial score (nSPS) is 18.4. The molecule has 2 aliphatic heterocycles. The number of nitrogens with one attached hydrogen (secondary N) is 1. The van der Waals surface area contributed by atoms with Gasteiger partial charge in [-0.1, -0.05) is 0 Å². The number of fused-ring (bicyclic) bond motifs is 2. The zero-order valence-electron chi connectivity index (χ0n) is 18.4. The van der Waals surface area contributed by atoms with Gasteiger partial charge in [-0.15, -0.1) is 11.3 Å². The number of likely N-dealkylation sites (tertiary alicyclic amines) is 1. The predicted molar refractivity (Wildman–Crippen MR) is 130 cm³/mol. The highest BCUT2D eigenvalue weighted by molar-refractivity contribution is 7.14. The average molecular weight is 467 g/mol. The maximum Gasteiger partial charge on any atom is 0.191 e. The van der Waals surface area contributed by atoms with Crippen molar-refractivity contribution >= 4 is 27.4 Å². The maximum atomic E-state index is 9.85. The first kappa shape index (κ1) is 20.5. The van der Waals surface area contributed by atoms with Crippen molar-refractivity contribution < 1.29 is 0 Å². The quantitative estimate of drug-likeness (QED) is 0.430. The molecule has 6 rings (SSSR count). The highest BCUT2D eigenvalue weighted by atomic mass is 32.1. The first-order valence-electron chi connectivity index (χ1n) is 11.3. The first-order valence-corrected chi connectivity index (χ1v) is 12.2. The van der Waals surface area contributed by atoms with Crippen LogP contribution in [0.5, 0.6) is 0 Å². The fraction of sp³-hybridized carbons (Fsp3) is 0.280. The van der Waals surface area contributed by atoms with Crippen LogP contribution < -0.4 is 4.90 Å². The van der Waals surface area contributed by atoms with Gasteiger partial charge in [-0.25, -0.2) is 14.9 Å². The minimum atomic E-state index is 0.0596. The number of anilines is 1. The van der Waals surface area contributed by atoms with Crippen molar-refractivity contribution in [2.24, 2.45) is 5.92 Å². The third-order valence-electron chi connectivity index (χ3n) is 6.88. The second kappa shape index (κ2) is 8.36. The fourth-order valence-corrected chi connectivity index (χ4v) is 6.13. The molecule has 9 heteroatoms. The minimum absolute atomic E-state index is 0.0596. The average Bonchev–Trinajstić information content (AvgIpc) is 3.67. The first-order chi connectivity index (χ1) is 16.8. The van der Waals surface area contributed by atoms with Gasteiger partial charge >= 0.3 is 0 Å². The van der Waals surface area contributed by atoms with Crippen LogP contribution >= 0.6 is 11.3 Å². The van der Waals surface area contributed by atoms with Crippen molar-refractivity contribution in [1.82, 2.24) is 24.4 Å². The molecule has 34 heavy (non-hydrogen) atoms. The van der Waals surface area contributed by atoms with E-state index in [2.05, 4.69) is 67.3 Å². The smallest absolute Gasteiger partial charge is 0.191 e. The van der Waals surface area contributed by atoms with Gasteiger partial charge in [0, 0.05) is 42.6 Å². The van der Waals surface area contributed by atoms with Crippen LogP contribution in [0, 0.1) is 28.7 Å². The second-order valence-corrected chi connectivity index (χ2v) is 9.58. The number of allylic oxidation sites excluding steroid dienone is 1. The lowest BCUT2D eigenvalue weighted by molar-refractivity contribution is 0.321. The number of rotatable bonds is 5. The van der Waals surface area contributed by atoms with Gasteiger partial charge in [0.05, 0.1) is 24.2 Å². The van der Waals surface area contributed by atoms with Gasteiger partial charge in [0.25, 0.3) is 0 Å². The summed E-state index contributed by atoms with van der Waals surface area (Å²) in [5.74, 6) is 1.28. The van der Waals surface area contributed by atoms with Crippen molar-refractivity contribution in [2.75, 3.05) is 18.0 Å². The molecule has 0 amide bonds. The predicted octanol–water partition coefficient (Wildman–Crippen LogP) is 4.65. The Balaban J connectivity index is 1.25. The van der Waals surface area contributed by atoms with Crippen molar-refractivity contribution in [3.8, 4) is 23.5 Å². The molecular weight excluding hydrogens is 444 g/mol. The third kappa shape index (κ3) is 3.33. The molecular formula is C25H22N8S. The third-order valence-corrected chi connectivity index (χ3v) is 7.82. The van der Waals surface area contributed by atoms with Gasteiger partial charge in [-0.2, -0.15) is 10.5 Å². The summed E-state index contributed by atoms with van der Waals surface area (Å²) < 4.78 is 2.17. The lowest BCUT2D eigenvalue weighted by Crippen LogP contribution is -2.34. The van der Waals surface area contributed by atoms with Crippen LogP contribution in [-0.2, 0) is 6.42 Å². The maximum absolute atomic E-state index is 9.85. The van der Waals surface area contributed by atoms with Crippen LogP contribution in [0.3, 0.4) is 0 Å². The lowest BCUT2D eigenvalue weighted by atomic mass is 9.96. The molecule has 1 fully saturated rings. The Bertz CT molecular complexity index is 1460. The Labute approximate surface area is 201 Å². The number of nitriles is 2. The van der Waals surface area contributed by atoms with E-state index in [1.54, 1.807) is 22.6 Å². The Morgan fingerprint density at radius 3 is 3.06 bits per heavy atom. The molecule has 168 valence electrons. The summed E-state index contributed by atoms with van der Waals surface area (Å²) in [4.78, 5) is 16.0. The van der Waals surface area contributed by atoms with Crippen LogP contribution in [0.25, 0.3) is 22.3 Å². The number of hydrogen-bond acceptors (Lipinski definition) is 7. The van der Waals surface area contributed by atoms with Gasteiger partial charge in [0.15, 0.2) is 6.19 Å². The Morgan fingerprint density at radius 2 is 2.18 bits per heavy atom. The Hall–Kier alpha value is -4.08. The number of aromatic amines is 1. The molecule has 0 spiro atoms. The van der Waals surface area contributed by atoms with Gasteiger partial charge in [0.1, 0.15) is 22.8 Å². The summed E-state index contributed by atoms with van der Waals surface area (Å²) in [5, 5.41) is 23.5. The molecule has 0 bridgehead atoms. The molecule has 2 unspecified atom stereocenters. The summed E-state index contributed by atoms with van der Waals surface area (Å²) in [6, 6.07) is 8.60. The largest absolute Gasteiger partial charge is 0.357 e. The van der Waals surface area contributed by atoms with E-state index in [0.29, 0.717) is 12.3 Å². The van der Waals surface area contributed by atoms with Gasteiger partial charge in [-0.3, -0.25) is 0 Å². The summed E-state index contributed by atoms with van der Waals surface area (Å²) in [7, 11) is 0. The van der Waals surface area contributed by atoms with Crippen LogP contribution in [-0.4, -0.2) is 37.5 Å². The molecule has 4 aromatic heterocycles. The van der Waals surface area contributed by atoms with Crippen LogP contribution in [0.4, 0.5) is 5.00 Å². The van der Waals surface area contributed by atoms with Crippen molar-refractivity contribution in [2.45, 2.75) is 25.3 Å². The standard InChI is InChI=1S/C25H22N8S/c26-8-3-21(31-10-6-19(14-31)23-20-4-9-28-24(20)30-16-29-23)18-5-11-32(13-18)22-2-1-17-7-12-34-25(17)33(22)15-27/h2,4,6-7,9-10,12,14,16,18,21H,1,3,5,11,13H2,(H,28,29,30). The lowest BCUT2D eigenvalue weighted by Gasteiger charge is -2.31. The van der Waals surface area contributed by atoms with Crippen molar-refractivity contribution in [3.05, 3.63) is 66.0 Å². The highest BCUT2D eigenvalue weighted by Gasteiger charge is 2.34. The second-order valence-electron chi connectivity index (χ2n) is 8.69.